The van der Waals surface area contributed by atoms with Crippen LogP contribution in [0.3, 0.4) is 0 Å². The Balaban J connectivity index is 1.91. The van der Waals surface area contributed by atoms with E-state index in [-0.39, 0.29) is 6.67 Å². The Hall–Kier alpha value is -0.450. The van der Waals surface area contributed by atoms with Crippen molar-refractivity contribution in [3.8, 4) is 0 Å². The maximum Gasteiger partial charge on any atom is 0.193 e. The molecule has 0 radical (unpaired) electrons. The van der Waals surface area contributed by atoms with Crippen LogP contribution in [0.2, 0.25) is 0 Å². The van der Waals surface area contributed by atoms with E-state index in [2.05, 4.69) is 27.0 Å². The number of thioether (sulfide) groups is 1. The highest BCUT2D eigenvalue weighted by Gasteiger charge is 2.38. The van der Waals surface area contributed by atoms with Crippen LogP contribution < -0.4 is 5.32 Å². The summed E-state index contributed by atoms with van der Waals surface area (Å²) in [6.45, 7) is 2.58. The Bertz CT molecular complexity index is 298. The van der Waals surface area contributed by atoms with Crippen molar-refractivity contribution in [2.45, 2.75) is 43.3 Å². The third-order valence-electron chi connectivity index (χ3n) is 4.12. The van der Waals surface area contributed by atoms with Crippen LogP contribution in [0.5, 0.6) is 0 Å². The summed E-state index contributed by atoms with van der Waals surface area (Å²) < 4.78 is 12.6. The van der Waals surface area contributed by atoms with E-state index in [9.17, 15) is 4.39 Å². The monoisotopic (exact) mass is 287 g/mol. The van der Waals surface area contributed by atoms with Gasteiger partial charge in [0.15, 0.2) is 5.96 Å². The fourth-order valence-corrected chi connectivity index (χ4v) is 4.69. The minimum atomic E-state index is -0.260. The highest BCUT2D eigenvalue weighted by molar-refractivity contribution is 8.00. The van der Waals surface area contributed by atoms with E-state index < -0.39 is 0 Å². The van der Waals surface area contributed by atoms with E-state index >= 15 is 0 Å². The predicted molar refractivity (Wildman–Crippen MR) is 81.8 cm³/mol. The fraction of sp³-hybridized carbons (Fsp3) is 0.929. The Labute approximate surface area is 120 Å². The lowest BCUT2D eigenvalue weighted by molar-refractivity contribution is 0.293. The number of nitrogens with zero attached hydrogens (tertiary/aromatic N) is 2. The third-order valence-corrected chi connectivity index (χ3v) is 5.65. The molecule has 1 saturated heterocycles. The van der Waals surface area contributed by atoms with E-state index in [1.54, 1.807) is 0 Å². The second-order valence-electron chi connectivity index (χ2n) is 5.53. The molecule has 2 rings (SSSR count). The standard InChI is InChI=1S/C14H26FN3S/c1-16-13(17-9-5-8-15)18-10-11-19-14(12-18)6-3-2-4-7-14/h2-12H2,1H3,(H,16,17). The molecule has 0 unspecified atom stereocenters. The predicted octanol–water partition coefficient (Wildman–Crippen LogP) is 2.67. The van der Waals surface area contributed by atoms with Gasteiger partial charge < -0.3 is 10.2 Å². The molecule has 1 heterocycles. The summed E-state index contributed by atoms with van der Waals surface area (Å²) in [6, 6.07) is 0. The van der Waals surface area contributed by atoms with Gasteiger partial charge in [-0.15, -0.1) is 0 Å². The number of guanidine groups is 1. The number of hydrogen-bond acceptors (Lipinski definition) is 2. The lowest BCUT2D eigenvalue weighted by Crippen LogP contribution is -2.53. The molecule has 0 atom stereocenters. The maximum atomic E-state index is 12.2. The molecule has 2 fully saturated rings. The molecule has 0 bridgehead atoms. The van der Waals surface area contributed by atoms with E-state index in [1.165, 1.54) is 37.9 Å². The molecule has 1 saturated carbocycles. The van der Waals surface area contributed by atoms with Crippen molar-refractivity contribution in [2.24, 2.45) is 4.99 Å². The van der Waals surface area contributed by atoms with Gasteiger partial charge in [0.25, 0.3) is 0 Å². The molecular weight excluding hydrogens is 261 g/mol. The molecule has 1 aliphatic heterocycles. The Morgan fingerprint density at radius 1 is 1.37 bits per heavy atom. The molecule has 0 aromatic rings. The highest BCUT2D eigenvalue weighted by Crippen LogP contribution is 2.42. The van der Waals surface area contributed by atoms with Crippen molar-refractivity contribution in [3.05, 3.63) is 0 Å². The first-order valence-corrected chi connectivity index (χ1v) is 8.44. The summed E-state index contributed by atoms with van der Waals surface area (Å²) in [4.78, 5) is 6.74. The molecule has 1 N–H and O–H groups in total. The minimum absolute atomic E-state index is 0.260. The van der Waals surface area contributed by atoms with E-state index in [0.717, 1.165) is 19.0 Å². The van der Waals surface area contributed by atoms with Gasteiger partial charge in [0.05, 0.1) is 6.67 Å². The largest absolute Gasteiger partial charge is 0.356 e. The maximum absolute atomic E-state index is 12.2. The SMILES string of the molecule is CN=C(NCCCF)N1CCSC2(CCCCC2)C1. The van der Waals surface area contributed by atoms with Crippen LogP contribution in [0.1, 0.15) is 38.5 Å². The van der Waals surface area contributed by atoms with Crippen LogP contribution in [0.25, 0.3) is 0 Å². The molecular formula is C14H26FN3S. The van der Waals surface area contributed by atoms with Gasteiger partial charge >= 0.3 is 0 Å². The number of alkyl halides is 1. The second-order valence-corrected chi connectivity index (χ2v) is 7.09. The minimum Gasteiger partial charge on any atom is -0.356 e. The highest BCUT2D eigenvalue weighted by atomic mass is 32.2. The Morgan fingerprint density at radius 2 is 2.16 bits per heavy atom. The summed E-state index contributed by atoms with van der Waals surface area (Å²) in [5, 5.41) is 3.29. The Kier molecular flexibility index (Phi) is 5.79. The first-order chi connectivity index (χ1) is 9.29. The molecule has 1 aliphatic carbocycles. The van der Waals surface area contributed by atoms with Crippen molar-refractivity contribution in [1.82, 2.24) is 10.2 Å². The number of hydrogen-bond donors (Lipinski definition) is 1. The molecule has 3 nitrogen and oxygen atoms in total. The van der Waals surface area contributed by atoms with Gasteiger partial charge in [-0.1, -0.05) is 19.3 Å². The fourth-order valence-electron chi connectivity index (χ4n) is 3.12. The quantitative estimate of drug-likeness (QED) is 0.491. The first-order valence-electron chi connectivity index (χ1n) is 7.45. The summed E-state index contributed by atoms with van der Waals surface area (Å²) in [7, 11) is 1.83. The zero-order valence-corrected chi connectivity index (χ0v) is 12.8. The molecule has 0 aromatic carbocycles. The zero-order chi connectivity index (χ0) is 13.6. The van der Waals surface area contributed by atoms with Crippen LogP contribution >= 0.6 is 11.8 Å². The van der Waals surface area contributed by atoms with E-state index in [4.69, 9.17) is 0 Å². The molecule has 19 heavy (non-hydrogen) atoms. The van der Waals surface area contributed by atoms with Gasteiger partial charge in [0.2, 0.25) is 0 Å². The average Bonchev–Trinajstić information content (AvgIpc) is 2.44. The molecule has 2 aliphatic rings. The third kappa shape index (κ3) is 4.01. The molecule has 110 valence electrons. The molecule has 5 heteroatoms. The van der Waals surface area contributed by atoms with E-state index in [0.29, 0.717) is 17.7 Å². The van der Waals surface area contributed by atoms with Gasteiger partial charge in [-0.25, -0.2) is 0 Å². The van der Waals surface area contributed by atoms with Crippen molar-refractivity contribution >= 4 is 17.7 Å². The summed E-state index contributed by atoms with van der Waals surface area (Å²) in [6.07, 6.45) is 7.38. The van der Waals surface area contributed by atoms with Gasteiger partial charge in [-0.2, -0.15) is 11.8 Å². The smallest absolute Gasteiger partial charge is 0.193 e. The van der Waals surface area contributed by atoms with E-state index in [1.807, 2.05) is 7.05 Å². The average molecular weight is 287 g/mol. The van der Waals surface area contributed by atoms with Crippen molar-refractivity contribution < 1.29 is 4.39 Å². The number of rotatable bonds is 3. The van der Waals surface area contributed by atoms with Crippen molar-refractivity contribution in [3.63, 3.8) is 0 Å². The van der Waals surface area contributed by atoms with Crippen LogP contribution in [0.4, 0.5) is 4.39 Å². The van der Waals surface area contributed by atoms with Crippen LogP contribution in [-0.4, -0.2) is 54.7 Å². The van der Waals surface area contributed by atoms with Crippen LogP contribution in [0.15, 0.2) is 4.99 Å². The topological polar surface area (TPSA) is 27.6 Å². The van der Waals surface area contributed by atoms with Gasteiger partial charge in [-0.05, 0) is 19.3 Å². The summed E-state index contributed by atoms with van der Waals surface area (Å²) in [5.74, 6) is 2.14. The lowest BCUT2D eigenvalue weighted by atomic mass is 9.87. The van der Waals surface area contributed by atoms with Gasteiger partial charge in [-0.3, -0.25) is 9.38 Å². The number of aliphatic imine (C=N–C) groups is 1. The summed E-state index contributed by atoms with van der Waals surface area (Å²) >= 11 is 2.16. The van der Waals surface area contributed by atoms with Crippen molar-refractivity contribution in [1.29, 1.82) is 0 Å². The second kappa shape index (κ2) is 7.36. The molecule has 0 amide bonds. The normalized spacial score (nSPS) is 23.7. The number of nitrogens with one attached hydrogen (secondary N) is 1. The van der Waals surface area contributed by atoms with Crippen LogP contribution in [0, 0.1) is 0 Å². The number of halogens is 1. The van der Waals surface area contributed by atoms with Crippen molar-refractivity contribution in [2.75, 3.05) is 39.1 Å². The Morgan fingerprint density at radius 3 is 2.84 bits per heavy atom. The lowest BCUT2D eigenvalue weighted by Gasteiger charge is -2.45. The first kappa shape index (κ1) is 14.9. The van der Waals surface area contributed by atoms with Crippen LogP contribution in [-0.2, 0) is 0 Å². The molecule has 0 aromatic heterocycles. The summed E-state index contributed by atoms with van der Waals surface area (Å²) in [5.41, 5.74) is 0. The van der Waals surface area contributed by atoms with Gasteiger partial charge in [0.1, 0.15) is 0 Å². The molecule has 1 spiro atoms. The van der Waals surface area contributed by atoms with Gasteiger partial charge in [0, 0.05) is 37.2 Å². The zero-order valence-electron chi connectivity index (χ0n) is 12.0.